The number of rotatable bonds is 8. The van der Waals surface area contributed by atoms with Gasteiger partial charge in [-0.1, -0.05) is 36.4 Å². The van der Waals surface area contributed by atoms with E-state index < -0.39 is 0 Å². The molecule has 1 aromatic carbocycles. The van der Waals surface area contributed by atoms with Crippen molar-refractivity contribution in [3.8, 4) is 0 Å². The van der Waals surface area contributed by atoms with E-state index >= 15 is 0 Å². The van der Waals surface area contributed by atoms with Crippen molar-refractivity contribution >= 4 is 11.8 Å². The second kappa shape index (κ2) is 10.8. The van der Waals surface area contributed by atoms with Crippen LogP contribution < -0.4 is 5.32 Å². The van der Waals surface area contributed by atoms with Crippen molar-refractivity contribution in [2.45, 2.75) is 52.9 Å². The van der Waals surface area contributed by atoms with E-state index in [0.717, 1.165) is 34.8 Å². The van der Waals surface area contributed by atoms with Crippen molar-refractivity contribution in [1.29, 1.82) is 0 Å². The van der Waals surface area contributed by atoms with Gasteiger partial charge < -0.3 is 10.2 Å². The fourth-order valence-electron chi connectivity index (χ4n) is 4.77. The predicted molar refractivity (Wildman–Crippen MR) is 139 cm³/mol. The minimum absolute atomic E-state index is 0.0197. The molecule has 0 aliphatic carbocycles. The number of carbonyl (C=O) groups is 2. The number of carbonyl (C=O) groups excluding carboxylic acids is 2. The molecule has 0 bridgehead atoms. The van der Waals surface area contributed by atoms with Gasteiger partial charge in [0.15, 0.2) is 5.69 Å². The Morgan fingerprint density at radius 1 is 1.00 bits per heavy atom. The summed E-state index contributed by atoms with van der Waals surface area (Å²) in [6.07, 6.45) is 3.16. The number of hydrogen-bond acceptors (Lipinski definition) is 5. The van der Waals surface area contributed by atoms with Gasteiger partial charge >= 0.3 is 0 Å². The quantitative estimate of drug-likeness (QED) is 0.404. The van der Waals surface area contributed by atoms with Crippen molar-refractivity contribution in [3.05, 3.63) is 100 Å². The lowest BCUT2D eigenvalue weighted by atomic mass is 10.0. The van der Waals surface area contributed by atoms with E-state index in [9.17, 15) is 9.59 Å². The average Bonchev–Trinajstić information content (AvgIpc) is 3.45. The Morgan fingerprint density at radius 2 is 1.81 bits per heavy atom. The highest BCUT2D eigenvalue weighted by Gasteiger charge is 2.30. The molecule has 2 amide bonds. The van der Waals surface area contributed by atoms with E-state index in [1.165, 1.54) is 5.56 Å². The largest absolute Gasteiger partial charge is 0.345 e. The van der Waals surface area contributed by atoms with Crippen LogP contribution in [-0.2, 0) is 43.8 Å². The van der Waals surface area contributed by atoms with Gasteiger partial charge in [-0.2, -0.15) is 10.2 Å². The van der Waals surface area contributed by atoms with Gasteiger partial charge in [-0.15, -0.1) is 0 Å². The molecule has 0 spiro atoms. The molecule has 0 saturated heterocycles. The maximum atomic E-state index is 13.3. The fourth-order valence-corrected chi connectivity index (χ4v) is 4.77. The number of aryl methyl sites for hydroxylation is 4. The third-order valence-electron chi connectivity index (χ3n) is 6.70. The Morgan fingerprint density at radius 3 is 2.54 bits per heavy atom. The van der Waals surface area contributed by atoms with E-state index in [2.05, 4.69) is 27.5 Å². The monoisotopic (exact) mass is 497 g/mol. The molecule has 9 heteroatoms. The number of pyridine rings is 1. The Labute approximate surface area is 216 Å². The van der Waals surface area contributed by atoms with Crippen molar-refractivity contribution < 1.29 is 9.59 Å². The lowest BCUT2D eigenvalue weighted by Crippen LogP contribution is -2.39. The maximum Gasteiger partial charge on any atom is 0.272 e. The van der Waals surface area contributed by atoms with Gasteiger partial charge in [0.2, 0.25) is 5.91 Å². The first-order chi connectivity index (χ1) is 18.0. The van der Waals surface area contributed by atoms with Crippen molar-refractivity contribution in [1.82, 2.24) is 34.8 Å². The topological polar surface area (TPSA) is 97.9 Å². The van der Waals surface area contributed by atoms with Crippen LogP contribution in [0.3, 0.4) is 0 Å². The summed E-state index contributed by atoms with van der Waals surface area (Å²) >= 11 is 0. The van der Waals surface area contributed by atoms with Crippen molar-refractivity contribution in [3.63, 3.8) is 0 Å². The summed E-state index contributed by atoms with van der Waals surface area (Å²) in [5, 5.41) is 12.1. The Balaban J connectivity index is 1.36. The summed E-state index contributed by atoms with van der Waals surface area (Å²) < 4.78 is 3.68. The van der Waals surface area contributed by atoms with Crippen molar-refractivity contribution in [2.24, 2.45) is 0 Å². The molecule has 190 valence electrons. The van der Waals surface area contributed by atoms with Crippen LogP contribution in [0.2, 0.25) is 0 Å². The Bertz CT molecular complexity index is 1390. The number of hydrogen-bond donors (Lipinski definition) is 1. The Kier molecular flexibility index (Phi) is 7.11. The normalized spacial score (nSPS) is 12.9. The zero-order valence-electron chi connectivity index (χ0n) is 21.2. The minimum atomic E-state index is -0.256. The van der Waals surface area contributed by atoms with E-state index in [-0.39, 0.29) is 18.4 Å². The van der Waals surface area contributed by atoms with Gasteiger partial charge in [0.1, 0.15) is 6.54 Å². The molecular weight excluding hydrogens is 466 g/mol. The van der Waals surface area contributed by atoms with E-state index in [4.69, 9.17) is 5.10 Å². The summed E-state index contributed by atoms with van der Waals surface area (Å²) in [6, 6.07) is 17.8. The minimum Gasteiger partial charge on any atom is -0.345 e. The second-order valence-corrected chi connectivity index (χ2v) is 9.39. The molecule has 0 saturated carbocycles. The van der Waals surface area contributed by atoms with Crippen LogP contribution in [0.25, 0.3) is 0 Å². The van der Waals surface area contributed by atoms with Crippen LogP contribution in [0, 0.1) is 13.8 Å². The van der Waals surface area contributed by atoms with Gasteiger partial charge in [-0.25, -0.2) is 0 Å². The number of benzene rings is 1. The van der Waals surface area contributed by atoms with Crippen LogP contribution in [0.1, 0.15) is 44.4 Å². The molecule has 4 heterocycles. The number of nitrogens with one attached hydrogen (secondary N) is 1. The molecule has 3 aromatic heterocycles. The van der Waals surface area contributed by atoms with E-state index in [0.29, 0.717) is 38.3 Å². The van der Waals surface area contributed by atoms with Crippen LogP contribution in [0.15, 0.2) is 60.8 Å². The highest BCUT2D eigenvalue weighted by Crippen LogP contribution is 2.24. The third kappa shape index (κ3) is 5.61. The lowest BCUT2D eigenvalue weighted by Gasteiger charge is -2.28. The first-order valence-corrected chi connectivity index (χ1v) is 12.6. The highest BCUT2D eigenvalue weighted by molar-refractivity contribution is 5.94. The van der Waals surface area contributed by atoms with Crippen LogP contribution in [0.4, 0.5) is 0 Å². The highest BCUT2D eigenvalue weighted by atomic mass is 16.2. The molecule has 5 rings (SSSR count). The molecule has 1 aliphatic rings. The Hall–Kier alpha value is -4.27. The summed E-state index contributed by atoms with van der Waals surface area (Å²) in [4.78, 5) is 32.5. The zero-order valence-corrected chi connectivity index (χ0v) is 21.2. The maximum absolute atomic E-state index is 13.3. The van der Waals surface area contributed by atoms with Crippen molar-refractivity contribution in [2.75, 3.05) is 6.54 Å². The van der Waals surface area contributed by atoms with Gasteiger partial charge in [0.25, 0.3) is 5.91 Å². The fraction of sp³-hybridized carbons (Fsp3) is 0.321. The third-order valence-corrected chi connectivity index (χ3v) is 6.70. The average molecular weight is 498 g/mol. The van der Waals surface area contributed by atoms with Gasteiger partial charge in [-0.3, -0.25) is 23.9 Å². The smallest absolute Gasteiger partial charge is 0.272 e. The molecule has 1 N–H and O–H groups in total. The summed E-state index contributed by atoms with van der Waals surface area (Å²) in [7, 11) is 0. The molecule has 0 radical (unpaired) electrons. The zero-order chi connectivity index (χ0) is 25.8. The van der Waals surface area contributed by atoms with Crippen LogP contribution in [-0.4, -0.2) is 47.8 Å². The van der Waals surface area contributed by atoms with Gasteiger partial charge in [0, 0.05) is 49.2 Å². The first-order valence-electron chi connectivity index (χ1n) is 12.6. The second-order valence-electron chi connectivity index (χ2n) is 9.39. The van der Waals surface area contributed by atoms with Crippen LogP contribution >= 0.6 is 0 Å². The molecule has 0 atom stereocenters. The number of fused-ring (bicyclic) bond motifs is 1. The number of nitrogens with zero attached hydrogens (tertiary/aromatic N) is 6. The summed E-state index contributed by atoms with van der Waals surface area (Å²) in [6.45, 7) is 5.95. The molecule has 0 unspecified atom stereocenters. The summed E-state index contributed by atoms with van der Waals surface area (Å²) in [5.41, 5.74) is 6.04. The van der Waals surface area contributed by atoms with Gasteiger partial charge in [0.05, 0.1) is 17.9 Å². The SMILES string of the molecule is Cc1cc(C)n(CC(=O)N2CCc3c(c(C(=O)NCc4ccccn4)nn3CCc3ccccc3)C2)n1. The molecule has 0 fully saturated rings. The van der Waals surface area contributed by atoms with Gasteiger partial charge in [-0.05, 0) is 44.0 Å². The first kappa shape index (κ1) is 24.4. The van der Waals surface area contributed by atoms with E-state index in [1.807, 2.05) is 61.0 Å². The standard InChI is InChI=1S/C28H31N7O2/c1-20-16-21(2)35(31-20)19-26(36)33-14-12-25-24(18-33)27(28(37)30-17-23-10-6-7-13-29-23)32-34(25)15-11-22-8-4-3-5-9-22/h3-10,13,16H,11-12,14-15,17-19H2,1-2H3,(H,30,37). The number of aromatic nitrogens is 5. The lowest BCUT2D eigenvalue weighted by molar-refractivity contribution is -0.133. The molecule has 9 nitrogen and oxygen atoms in total. The predicted octanol–water partition coefficient (Wildman–Crippen LogP) is 2.85. The molecular formula is C28H31N7O2. The summed E-state index contributed by atoms with van der Waals surface area (Å²) in [5.74, 6) is -0.276. The molecule has 4 aromatic rings. The molecule has 37 heavy (non-hydrogen) atoms. The number of amides is 2. The van der Waals surface area contributed by atoms with E-state index in [1.54, 1.807) is 15.8 Å². The van der Waals surface area contributed by atoms with Crippen LogP contribution in [0.5, 0.6) is 0 Å². The molecule has 1 aliphatic heterocycles.